The first-order valence-corrected chi connectivity index (χ1v) is 5.17. The normalized spacial score (nSPS) is 11.2. The van der Waals surface area contributed by atoms with E-state index < -0.39 is 16.8 Å². The van der Waals surface area contributed by atoms with Gasteiger partial charge in [0.25, 0.3) is 0 Å². The summed E-state index contributed by atoms with van der Waals surface area (Å²) >= 11 is 0. The van der Waals surface area contributed by atoms with Crippen molar-refractivity contribution in [1.29, 1.82) is 0 Å². The van der Waals surface area contributed by atoms with E-state index in [1.165, 1.54) is 0 Å². The van der Waals surface area contributed by atoms with Crippen LogP contribution in [0, 0.1) is 0 Å². The van der Waals surface area contributed by atoms with Crippen molar-refractivity contribution in [2.75, 3.05) is 0 Å². The molecule has 0 spiro atoms. The van der Waals surface area contributed by atoms with Crippen molar-refractivity contribution in [3.8, 4) is 0 Å². The minimum Gasteiger partial charge on any atom is -0.391 e. The van der Waals surface area contributed by atoms with Gasteiger partial charge in [0, 0.05) is 22.4 Å². The second-order valence-corrected chi connectivity index (χ2v) is 6.51. The van der Waals surface area contributed by atoms with E-state index in [4.69, 9.17) is 15.3 Å². The van der Waals surface area contributed by atoms with Crippen LogP contribution in [0.15, 0.2) is 0 Å². The zero-order chi connectivity index (χ0) is 13.5. The van der Waals surface area contributed by atoms with Gasteiger partial charge in [-0.25, -0.2) is 0 Å². The van der Waals surface area contributed by atoms with E-state index in [9.17, 15) is 0 Å². The SMILES string of the molecule is CC(C)(C)O.CC(C)(C)O.CC(C)(C)O.[Ta]. The van der Waals surface area contributed by atoms with Gasteiger partial charge in [0.15, 0.2) is 0 Å². The molecule has 3 N–H and O–H groups in total. The zero-order valence-electron chi connectivity index (χ0n) is 12.3. The summed E-state index contributed by atoms with van der Waals surface area (Å²) in [7, 11) is 0. The van der Waals surface area contributed by atoms with Crippen LogP contribution in [0.1, 0.15) is 62.3 Å². The molecule has 0 aromatic rings. The standard InChI is InChI=1S/3C4H10O.Ta/c3*1-4(2,3)5;/h3*5H,1-3H3;. The van der Waals surface area contributed by atoms with Crippen LogP contribution in [0.5, 0.6) is 0 Å². The third-order valence-electron chi connectivity index (χ3n) is 0. The second-order valence-electron chi connectivity index (χ2n) is 6.51. The Balaban J connectivity index is -0.0000000655. The van der Waals surface area contributed by atoms with Crippen LogP contribution in [-0.2, 0) is 22.4 Å². The van der Waals surface area contributed by atoms with Gasteiger partial charge >= 0.3 is 0 Å². The Morgan fingerprint density at radius 1 is 0.438 bits per heavy atom. The van der Waals surface area contributed by atoms with Crippen LogP contribution in [0.3, 0.4) is 0 Å². The summed E-state index contributed by atoms with van der Waals surface area (Å²) in [5, 5.41) is 25.6. The minimum atomic E-state index is -0.500. The average molecular weight is 403 g/mol. The summed E-state index contributed by atoms with van der Waals surface area (Å²) in [6.45, 7) is 15.7. The summed E-state index contributed by atoms with van der Waals surface area (Å²) in [5.74, 6) is 0. The smallest absolute Gasteiger partial charge is 0.0563 e. The Morgan fingerprint density at radius 3 is 0.438 bits per heavy atom. The van der Waals surface area contributed by atoms with Gasteiger partial charge in [-0.15, -0.1) is 0 Å². The number of rotatable bonds is 0. The predicted octanol–water partition coefficient (Wildman–Crippen LogP) is 2.33. The van der Waals surface area contributed by atoms with Gasteiger partial charge in [-0.3, -0.25) is 0 Å². The summed E-state index contributed by atoms with van der Waals surface area (Å²) in [4.78, 5) is 0. The van der Waals surface area contributed by atoms with Gasteiger partial charge in [0.05, 0.1) is 16.8 Å². The van der Waals surface area contributed by atoms with Crippen molar-refractivity contribution in [2.24, 2.45) is 0 Å². The molecule has 0 aromatic carbocycles. The maximum atomic E-state index is 8.52. The van der Waals surface area contributed by atoms with Crippen LogP contribution < -0.4 is 0 Å². The molecular weight excluding hydrogens is 373 g/mol. The van der Waals surface area contributed by atoms with E-state index in [2.05, 4.69) is 0 Å². The van der Waals surface area contributed by atoms with Crippen molar-refractivity contribution >= 4 is 0 Å². The Hall–Kier alpha value is 0.620. The van der Waals surface area contributed by atoms with Gasteiger partial charge in [-0.2, -0.15) is 0 Å². The molecule has 1 radical (unpaired) electrons. The van der Waals surface area contributed by atoms with Crippen LogP contribution in [0.4, 0.5) is 0 Å². The molecule has 0 amide bonds. The molecule has 0 aromatic heterocycles. The molecular formula is C12H30O3Ta. The fraction of sp³-hybridized carbons (Fsp3) is 1.00. The van der Waals surface area contributed by atoms with Gasteiger partial charge in [-0.05, 0) is 62.3 Å². The molecule has 16 heavy (non-hydrogen) atoms. The van der Waals surface area contributed by atoms with Crippen molar-refractivity contribution in [3.63, 3.8) is 0 Å². The topological polar surface area (TPSA) is 60.7 Å². The van der Waals surface area contributed by atoms with E-state index in [-0.39, 0.29) is 22.4 Å². The van der Waals surface area contributed by atoms with Crippen molar-refractivity contribution < 1.29 is 37.7 Å². The van der Waals surface area contributed by atoms with Crippen LogP contribution in [-0.4, -0.2) is 32.1 Å². The van der Waals surface area contributed by atoms with Gasteiger partial charge in [-0.1, -0.05) is 0 Å². The van der Waals surface area contributed by atoms with Crippen molar-refractivity contribution in [2.45, 2.75) is 79.1 Å². The maximum absolute atomic E-state index is 8.52. The fourth-order valence-electron chi connectivity index (χ4n) is 0. The minimum absolute atomic E-state index is 0. The molecule has 0 fully saturated rings. The molecule has 0 saturated carbocycles. The monoisotopic (exact) mass is 403 g/mol. The average Bonchev–Trinajstić information content (AvgIpc) is 1.41. The summed E-state index contributed by atoms with van der Waals surface area (Å²) in [5.41, 5.74) is -1.50. The van der Waals surface area contributed by atoms with Crippen molar-refractivity contribution in [3.05, 3.63) is 0 Å². The summed E-state index contributed by atoms with van der Waals surface area (Å²) in [6, 6.07) is 0. The first-order valence-electron chi connectivity index (χ1n) is 5.17. The molecule has 0 rings (SSSR count). The first-order chi connectivity index (χ1) is 6.00. The molecule has 0 heterocycles. The maximum Gasteiger partial charge on any atom is 0.0563 e. The van der Waals surface area contributed by atoms with E-state index in [0.717, 1.165) is 0 Å². The van der Waals surface area contributed by atoms with Crippen LogP contribution >= 0.6 is 0 Å². The number of aliphatic hydroxyl groups is 3. The Labute approximate surface area is 117 Å². The van der Waals surface area contributed by atoms with Crippen molar-refractivity contribution in [1.82, 2.24) is 0 Å². The van der Waals surface area contributed by atoms with E-state index in [1.807, 2.05) is 0 Å². The molecule has 0 atom stereocenters. The molecule has 0 aliphatic heterocycles. The molecule has 0 aliphatic carbocycles. The third-order valence-corrected chi connectivity index (χ3v) is 0. The summed E-state index contributed by atoms with van der Waals surface area (Å²) < 4.78 is 0. The summed E-state index contributed by atoms with van der Waals surface area (Å²) in [6.07, 6.45) is 0. The van der Waals surface area contributed by atoms with E-state index in [1.54, 1.807) is 62.3 Å². The zero-order valence-corrected chi connectivity index (χ0v) is 15.5. The van der Waals surface area contributed by atoms with Gasteiger partial charge in [0.1, 0.15) is 0 Å². The molecule has 0 aliphatic rings. The van der Waals surface area contributed by atoms with Gasteiger partial charge < -0.3 is 15.3 Å². The molecule has 4 heteroatoms. The van der Waals surface area contributed by atoms with E-state index >= 15 is 0 Å². The Morgan fingerprint density at radius 2 is 0.438 bits per heavy atom. The number of hydrogen-bond acceptors (Lipinski definition) is 3. The fourth-order valence-corrected chi connectivity index (χ4v) is 0. The van der Waals surface area contributed by atoms with Gasteiger partial charge in [0.2, 0.25) is 0 Å². The predicted molar refractivity (Wildman–Crippen MR) is 65.9 cm³/mol. The quantitative estimate of drug-likeness (QED) is 0.582. The molecule has 101 valence electrons. The van der Waals surface area contributed by atoms with Crippen LogP contribution in [0.25, 0.3) is 0 Å². The molecule has 0 saturated heterocycles. The van der Waals surface area contributed by atoms with Crippen LogP contribution in [0.2, 0.25) is 0 Å². The number of hydrogen-bond donors (Lipinski definition) is 3. The van der Waals surface area contributed by atoms with E-state index in [0.29, 0.717) is 0 Å². The Bertz CT molecular complexity index is 91.3. The largest absolute Gasteiger partial charge is 0.391 e. The molecule has 0 unspecified atom stereocenters. The molecule has 3 nitrogen and oxygen atoms in total. The Kier molecular flexibility index (Phi) is 15.3. The second kappa shape index (κ2) is 9.63. The first kappa shape index (κ1) is 25.5. The third kappa shape index (κ3) is 7050. The molecule has 0 bridgehead atoms.